The first-order chi connectivity index (χ1) is 11.2. The van der Waals surface area contributed by atoms with Crippen LogP contribution in [0.15, 0.2) is 30.3 Å². The number of nitrogens with one attached hydrogen (secondary N) is 2. The van der Waals surface area contributed by atoms with Gasteiger partial charge in [0.15, 0.2) is 0 Å². The number of rotatable bonds is 4. The van der Waals surface area contributed by atoms with Crippen LogP contribution in [-0.4, -0.2) is 15.7 Å². The number of nitrogens with zero attached hydrogens (tertiary/aromatic N) is 2. The molecule has 1 amide bonds. The minimum atomic E-state index is -4.52. The van der Waals surface area contributed by atoms with Crippen molar-refractivity contribution in [3.63, 3.8) is 0 Å². The quantitative estimate of drug-likeness (QED) is 0.649. The summed E-state index contributed by atoms with van der Waals surface area (Å²) in [5, 5.41) is 4.44. The Morgan fingerprint density at radius 3 is 2.58 bits per heavy atom. The average molecular weight is 359 g/mol. The van der Waals surface area contributed by atoms with Gasteiger partial charge >= 0.3 is 6.18 Å². The van der Waals surface area contributed by atoms with Gasteiger partial charge in [-0.1, -0.05) is 23.7 Å². The normalized spacial score (nSPS) is 11.8. The van der Waals surface area contributed by atoms with Gasteiger partial charge in [0, 0.05) is 18.7 Å². The van der Waals surface area contributed by atoms with Crippen molar-refractivity contribution >= 4 is 29.3 Å². The van der Waals surface area contributed by atoms with Crippen LogP contribution in [0.2, 0.25) is 5.15 Å². The van der Waals surface area contributed by atoms with Crippen LogP contribution in [0, 0.1) is 6.92 Å². The van der Waals surface area contributed by atoms with E-state index in [0.717, 1.165) is 12.1 Å². The number of aryl methyl sites for hydroxylation is 2. The number of halogens is 4. The molecule has 9 heteroatoms. The third kappa shape index (κ3) is 4.08. The number of carbonyl (C=O) groups is 1. The number of alkyl halides is 3. The first kappa shape index (κ1) is 17.9. The SMILES string of the molecule is Cc1nn(C)c(Cl)c1/C=C/C(=O)NNc1ccccc1C(F)(F)F. The smallest absolute Gasteiger partial charge is 0.298 e. The minimum absolute atomic E-state index is 0.248. The van der Waals surface area contributed by atoms with E-state index < -0.39 is 17.6 Å². The number of hydrogen-bond acceptors (Lipinski definition) is 3. The molecule has 128 valence electrons. The van der Waals surface area contributed by atoms with Gasteiger partial charge in [0.1, 0.15) is 5.15 Å². The molecule has 2 N–H and O–H groups in total. The van der Waals surface area contributed by atoms with E-state index in [1.54, 1.807) is 14.0 Å². The van der Waals surface area contributed by atoms with Crippen molar-refractivity contribution in [1.29, 1.82) is 0 Å². The molecule has 0 aliphatic carbocycles. The number of hydrazine groups is 1. The zero-order chi connectivity index (χ0) is 17.9. The van der Waals surface area contributed by atoms with Crippen molar-refractivity contribution in [1.82, 2.24) is 15.2 Å². The standard InChI is InChI=1S/C15H14ClF3N4O/c1-9-10(14(16)23(2)22-9)7-8-13(24)21-20-12-6-4-3-5-11(12)15(17,18)19/h3-8,20H,1-2H3,(H,21,24)/b8-7+. The van der Waals surface area contributed by atoms with Gasteiger partial charge in [-0.15, -0.1) is 0 Å². The van der Waals surface area contributed by atoms with Crippen molar-refractivity contribution in [3.8, 4) is 0 Å². The molecule has 1 aromatic heterocycles. The van der Waals surface area contributed by atoms with E-state index >= 15 is 0 Å². The van der Waals surface area contributed by atoms with Crippen LogP contribution in [0.4, 0.5) is 18.9 Å². The number of para-hydroxylation sites is 1. The Hall–Kier alpha value is -2.48. The lowest BCUT2D eigenvalue weighted by Gasteiger charge is -2.14. The van der Waals surface area contributed by atoms with Gasteiger partial charge in [-0.3, -0.25) is 20.3 Å². The van der Waals surface area contributed by atoms with Crippen LogP contribution in [0.5, 0.6) is 0 Å². The molecule has 24 heavy (non-hydrogen) atoms. The molecule has 0 radical (unpaired) electrons. The number of anilines is 1. The monoisotopic (exact) mass is 358 g/mol. The molecular formula is C15H14ClF3N4O. The van der Waals surface area contributed by atoms with E-state index in [2.05, 4.69) is 16.0 Å². The van der Waals surface area contributed by atoms with Crippen LogP contribution in [0.25, 0.3) is 6.08 Å². The summed E-state index contributed by atoms with van der Waals surface area (Å²) in [6, 6.07) is 4.83. The van der Waals surface area contributed by atoms with E-state index in [1.807, 2.05) is 0 Å². The van der Waals surface area contributed by atoms with Crippen LogP contribution in [0.1, 0.15) is 16.8 Å². The van der Waals surface area contributed by atoms with E-state index in [4.69, 9.17) is 11.6 Å². The summed E-state index contributed by atoms with van der Waals surface area (Å²) in [5.74, 6) is -0.633. The minimum Gasteiger partial charge on any atom is -0.298 e. The molecule has 1 aromatic carbocycles. The van der Waals surface area contributed by atoms with Crippen LogP contribution in [-0.2, 0) is 18.0 Å². The maximum absolute atomic E-state index is 12.8. The molecule has 0 atom stereocenters. The highest BCUT2D eigenvalue weighted by Gasteiger charge is 2.33. The van der Waals surface area contributed by atoms with Crippen molar-refractivity contribution < 1.29 is 18.0 Å². The summed E-state index contributed by atoms with van der Waals surface area (Å²) in [7, 11) is 1.66. The molecule has 5 nitrogen and oxygen atoms in total. The van der Waals surface area contributed by atoms with Crippen molar-refractivity contribution in [2.75, 3.05) is 5.43 Å². The zero-order valence-electron chi connectivity index (χ0n) is 12.8. The summed E-state index contributed by atoms with van der Waals surface area (Å²) < 4.78 is 40.0. The molecular weight excluding hydrogens is 345 g/mol. The molecule has 0 saturated carbocycles. The van der Waals surface area contributed by atoms with Gasteiger partial charge in [-0.25, -0.2) is 0 Å². The predicted molar refractivity (Wildman–Crippen MR) is 85.2 cm³/mol. The summed E-state index contributed by atoms with van der Waals surface area (Å²) in [6.45, 7) is 1.72. The molecule has 0 unspecified atom stereocenters. The maximum Gasteiger partial charge on any atom is 0.418 e. The van der Waals surface area contributed by atoms with Gasteiger partial charge in [-0.2, -0.15) is 18.3 Å². The van der Waals surface area contributed by atoms with E-state index in [9.17, 15) is 18.0 Å². The first-order valence-corrected chi connectivity index (χ1v) is 7.17. The van der Waals surface area contributed by atoms with Crippen LogP contribution < -0.4 is 10.9 Å². The molecule has 0 saturated heterocycles. The first-order valence-electron chi connectivity index (χ1n) is 6.79. The highest BCUT2D eigenvalue weighted by molar-refractivity contribution is 6.31. The lowest BCUT2D eigenvalue weighted by atomic mass is 10.2. The Balaban J connectivity index is 2.06. The molecule has 0 aliphatic heterocycles. The second-order valence-corrected chi connectivity index (χ2v) is 5.26. The third-order valence-corrected chi connectivity index (χ3v) is 3.60. The summed E-state index contributed by atoms with van der Waals surface area (Å²) >= 11 is 6.02. The average Bonchev–Trinajstić information content (AvgIpc) is 2.75. The fourth-order valence-electron chi connectivity index (χ4n) is 2.00. The number of aromatic nitrogens is 2. The van der Waals surface area contributed by atoms with E-state index in [0.29, 0.717) is 16.4 Å². The summed E-state index contributed by atoms with van der Waals surface area (Å²) in [5.41, 5.74) is 4.51. The fraction of sp³-hybridized carbons (Fsp3) is 0.200. The Bertz CT molecular complexity index is 784. The van der Waals surface area contributed by atoms with E-state index in [-0.39, 0.29) is 5.69 Å². The molecule has 0 aliphatic rings. The summed E-state index contributed by atoms with van der Waals surface area (Å²) in [6.07, 6.45) is -1.93. The second kappa shape index (κ2) is 6.96. The number of amides is 1. The largest absolute Gasteiger partial charge is 0.418 e. The zero-order valence-corrected chi connectivity index (χ0v) is 13.5. The van der Waals surface area contributed by atoms with Crippen molar-refractivity contribution in [2.24, 2.45) is 7.05 Å². The summed E-state index contributed by atoms with van der Waals surface area (Å²) in [4.78, 5) is 11.8. The number of carbonyl (C=O) groups excluding carboxylic acids is 1. The lowest BCUT2D eigenvalue weighted by Crippen LogP contribution is -2.28. The van der Waals surface area contributed by atoms with E-state index in [1.165, 1.54) is 29.0 Å². The third-order valence-electron chi connectivity index (χ3n) is 3.15. The topological polar surface area (TPSA) is 59.0 Å². The molecule has 0 spiro atoms. The fourth-order valence-corrected chi connectivity index (χ4v) is 2.24. The Kier molecular flexibility index (Phi) is 5.18. The van der Waals surface area contributed by atoms with Crippen molar-refractivity contribution in [2.45, 2.75) is 13.1 Å². The van der Waals surface area contributed by atoms with Gasteiger partial charge in [0.25, 0.3) is 5.91 Å². The number of hydrogen-bond donors (Lipinski definition) is 2. The molecule has 2 rings (SSSR count). The molecule has 0 bridgehead atoms. The lowest BCUT2D eigenvalue weighted by molar-refractivity contribution is -0.137. The second-order valence-electron chi connectivity index (χ2n) is 4.90. The maximum atomic E-state index is 12.8. The Morgan fingerprint density at radius 2 is 2.00 bits per heavy atom. The van der Waals surface area contributed by atoms with Crippen LogP contribution >= 0.6 is 11.6 Å². The van der Waals surface area contributed by atoms with Gasteiger partial charge in [-0.05, 0) is 25.1 Å². The van der Waals surface area contributed by atoms with Crippen molar-refractivity contribution in [3.05, 3.63) is 52.3 Å². The molecule has 0 fully saturated rings. The highest BCUT2D eigenvalue weighted by atomic mass is 35.5. The van der Waals surface area contributed by atoms with Gasteiger partial charge in [0.2, 0.25) is 0 Å². The van der Waals surface area contributed by atoms with Crippen LogP contribution in [0.3, 0.4) is 0 Å². The van der Waals surface area contributed by atoms with Gasteiger partial charge < -0.3 is 0 Å². The predicted octanol–water partition coefficient (Wildman–Crippen LogP) is 3.56. The highest BCUT2D eigenvalue weighted by Crippen LogP contribution is 2.34. The Labute approximate surface area is 141 Å². The van der Waals surface area contributed by atoms with Gasteiger partial charge in [0.05, 0.1) is 16.9 Å². The molecule has 2 aromatic rings. The molecule has 1 heterocycles. The Morgan fingerprint density at radius 1 is 1.33 bits per heavy atom. The number of benzene rings is 1.